The number of ether oxygens (including phenoxy) is 1. The molecule has 0 saturated carbocycles. The Balaban J connectivity index is 0.00000264. The number of hydrogen-bond donors (Lipinski definition) is 1. The van der Waals surface area contributed by atoms with E-state index in [9.17, 15) is 0 Å². The van der Waals surface area contributed by atoms with Gasteiger partial charge in [0, 0.05) is 33.2 Å². The SMILES string of the molecule is COCCc1noc(CN(CCN)CCc2ccccc2)n1.Cl. The minimum atomic E-state index is 0. The molecule has 0 fully saturated rings. The van der Waals surface area contributed by atoms with Gasteiger partial charge in [0.15, 0.2) is 5.82 Å². The van der Waals surface area contributed by atoms with Crippen LogP contribution in [0.1, 0.15) is 17.3 Å². The highest BCUT2D eigenvalue weighted by Gasteiger charge is 2.11. The first-order valence-electron chi connectivity index (χ1n) is 7.58. The van der Waals surface area contributed by atoms with Crippen molar-refractivity contribution in [3.05, 3.63) is 47.6 Å². The van der Waals surface area contributed by atoms with Crippen LogP contribution in [0.15, 0.2) is 34.9 Å². The molecule has 0 bridgehead atoms. The van der Waals surface area contributed by atoms with E-state index in [2.05, 4.69) is 39.3 Å². The predicted molar refractivity (Wildman–Crippen MR) is 91.6 cm³/mol. The quantitative estimate of drug-likeness (QED) is 0.709. The molecule has 1 aromatic heterocycles. The molecule has 0 atom stereocenters. The second kappa shape index (κ2) is 11.1. The second-order valence-electron chi connectivity index (χ2n) is 5.15. The number of rotatable bonds is 10. The van der Waals surface area contributed by atoms with E-state index in [1.165, 1.54) is 5.56 Å². The molecule has 2 aromatic rings. The molecule has 6 nitrogen and oxygen atoms in total. The summed E-state index contributed by atoms with van der Waals surface area (Å²) < 4.78 is 10.3. The van der Waals surface area contributed by atoms with Crippen LogP contribution in [0.3, 0.4) is 0 Å². The van der Waals surface area contributed by atoms with Crippen molar-refractivity contribution in [2.45, 2.75) is 19.4 Å². The van der Waals surface area contributed by atoms with Crippen molar-refractivity contribution in [3.63, 3.8) is 0 Å². The first-order valence-corrected chi connectivity index (χ1v) is 7.58. The zero-order chi connectivity index (χ0) is 15.6. The van der Waals surface area contributed by atoms with Crippen LogP contribution in [0, 0.1) is 0 Å². The Bertz CT molecular complexity index is 536. The van der Waals surface area contributed by atoms with Gasteiger partial charge in [-0.25, -0.2) is 0 Å². The molecule has 128 valence electrons. The largest absolute Gasteiger partial charge is 0.384 e. The Kier molecular flexibility index (Phi) is 9.47. The lowest BCUT2D eigenvalue weighted by molar-refractivity contribution is 0.199. The number of halogens is 1. The molecule has 1 heterocycles. The highest BCUT2D eigenvalue weighted by Crippen LogP contribution is 2.06. The maximum absolute atomic E-state index is 5.70. The monoisotopic (exact) mass is 340 g/mol. The van der Waals surface area contributed by atoms with Crippen molar-refractivity contribution in [2.75, 3.05) is 33.4 Å². The lowest BCUT2D eigenvalue weighted by Crippen LogP contribution is -2.31. The van der Waals surface area contributed by atoms with Crippen molar-refractivity contribution in [1.82, 2.24) is 15.0 Å². The smallest absolute Gasteiger partial charge is 0.240 e. The Hall–Kier alpha value is -1.47. The highest BCUT2D eigenvalue weighted by molar-refractivity contribution is 5.85. The molecular formula is C16H25ClN4O2. The fourth-order valence-electron chi connectivity index (χ4n) is 2.22. The average Bonchev–Trinajstić information content (AvgIpc) is 2.99. The molecule has 0 aliphatic heterocycles. The normalized spacial score (nSPS) is 10.7. The minimum Gasteiger partial charge on any atom is -0.384 e. The Labute approximate surface area is 143 Å². The van der Waals surface area contributed by atoms with Crippen LogP contribution in [0.5, 0.6) is 0 Å². The van der Waals surface area contributed by atoms with Gasteiger partial charge in [0.2, 0.25) is 5.89 Å². The fourth-order valence-corrected chi connectivity index (χ4v) is 2.22. The minimum absolute atomic E-state index is 0. The van der Waals surface area contributed by atoms with Crippen LogP contribution in [-0.4, -0.2) is 48.4 Å². The topological polar surface area (TPSA) is 77.4 Å². The summed E-state index contributed by atoms with van der Waals surface area (Å²) in [5.74, 6) is 1.32. The molecule has 0 unspecified atom stereocenters. The molecule has 0 radical (unpaired) electrons. The van der Waals surface area contributed by atoms with Crippen LogP contribution in [-0.2, 0) is 24.1 Å². The summed E-state index contributed by atoms with van der Waals surface area (Å²) in [6.45, 7) is 3.56. The van der Waals surface area contributed by atoms with Crippen molar-refractivity contribution < 1.29 is 9.26 Å². The molecule has 0 aliphatic carbocycles. The van der Waals surface area contributed by atoms with Gasteiger partial charge in [-0.3, -0.25) is 4.90 Å². The summed E-state index contributed by atoms with van der Waals surface area (Å²) in [7, 11) is 1.66. The first-order chi connectivity index (χ1) is 10.8. The molecule has 23 heavy (non-hydrogen) atoms. The lowest BCUT2D eigenvalue weighted by atomic mass is 10.1. The van der Waals surface area contributed by atoms with Crippen molar-refractivity contribution in [1.29, 1.82) is 0 Å². The van der Waals surface area contributed by atoms with E-state index >= 15 is 0 Å². The maximum atomic E-state index is 5.70. The molecule has 0 amide bonds. The molecule has 0 aliphatic rings. The van der Waals surface area contributed by atoms with Gasteiger partial charge in [-0.15, -0.1) is 12.4 Å². The van der Waals surface area contributed by atoms with Gasteiger partial charge in [-0.1, -0.05) is 35.5 Å². The van der Waals surface area contributed by atoms with E-state index in [1.54, 1.807) is 7.11 Å². The fraction of sp³-hybridized carbons (Fsp3) is 0.500. The highest BCUT2D eigenvalue weighted by atomic mass is 35.5. The van der Waals surface area contributed by atoms with E-state index in [0.29, 0.717) is 37.8 Å². The molecule has 2 rings (SSSR count). The van der Waals surface area contributed by atoms with Gasteiger partial charge in [-0.05, 0) is 12.0 Å². The third-order valence-electron chi connectivity index (χ3n) is 3.40. The summed E-state index contributed by atoms with van der Waals surface area (Å²) in [5, 5.41) is 3.96. The number of benzene rings is 1. The first kappa shape index (κ1) is 19.6. The summed E-state index contributed by atoms with van der Waals surface area (Å²) in [6.07, 6.45) is 1.65. The third-order valence-corrected chi connectivity index (χ3v) is 3.40. The Morgan fingerprint density at radius 1 is 1.17 bits per heavy atom. The average molecular weight is 341 g/mol. The molecule has 1 aromatic carbocycles. The van der Waals surface area contributed by atoms with E-state index in [1.807, 2.05) is 6.07 Å². The molecule has 0 spiro atoms. The number of hydrogen-bond acceptors (Lipinski definition) is 6. The number of aromatic nitrogens is 2. The van der Waals surface area contributed by atoms with Crippen LogP contribution in [0.2, 0.25) is 0 Å². The van der Waals surface area contributed by atoms with Crippen molar-refractivity contribution in [2.24, 2.45) is 5.73 Å². The predicted octanol–water partition coefficient (Wildman–Crippen LogP) is 1.68. The van der Waals surface area contributed by atoms with E-state index in [0.717, 1.165) is 19.5 Å². The molecular weight excluding hydrogens is 316 g/mol. The third kappa shape index (κ3) is 7.09. The van der Waals surface area contributed by atoms with Gasteiger partial charge in [0.05, 0.1) is 13.2 Å². The summed E-state index contributed by atoms with van der Waals surface area (Å²) in [4.78, 5) is 6.62. The number of nitrogens with zero attached hydrogens (tertiary/aromatic N) is 3. The maximum Gasteiger partial charge on any atom is 0.240 e. The van der Waals surface area contributed by atoms with Crippen LogP contribution < -0.4 is 5.73 Å². The zero-order valence-electron chi connectivity index (χ0n) is 13.5. The standard InChI is InChI=1S/C16H24N4O2.ClH/c1-21-12-8-15-18-16(22-19-15)13-20(11-9-17)10-7-14-5-3-2-4-6-14;/h2-6H,7-13,17H2,1H3;1H. The van der Waals surface area contributed by atoms with E-state index in [4.69, 9.17) is 15.0 Å². The van der Waals surface area contributed by atoms with Crippen LogP contribution in [0.25, 0.3) is 0 Å². The second-order valence-corrected chi connectivity index (χ2v) is 5.15. The zero-order valence-corrected chi connectivity index (χ0v) is 14.3. The van der Waals surface area contributed by atoms with Crippen molar-refractivity contribution >= 4 is 12.4 Å². The molecule has 7 heteroatoms. The summed E-state index contributed by atoms with van der Waals surface area (Å²) in [6, 6.07) is 10.4. The van der Waals surface area contributed by atoms with Gasteiger partial charge in [0.25, 0.3) is 0 Å². The number of nitrogens with two attached hydrogens (primary N) is 1. The molecule has 0 saturated heterocycles. The van der Waals surface area contributed by atoms with E-state index in [-0.39, 0.29) is 12.4 Å². The lowest BCUT2D eigenvalue weighted by Gasteiger charge is -2.19. The van der Waals surface area contributed by atoms with E-state index < -0.39 is 0 Å². The summed E-state index contributed by atoms with van der Waals surface area (Å²) >= 11 is 0. The van der Waals surface area contributed by atoms with Crippen LogP contribution >= 0.6 is 12.4 Å². The Morgan fingerprint density at radius 2 is 1.96 bits per heavy atom. The van der Waals surface area contributed by atoms with Gasteiger partial charge < -0.3 is 15.0 Å². The van der Waals surface area contributed by atoms with Crippen LogP contribution in [0.4, 0.5) is 0 Å². The number of methoxy groups -OCH3 is 1. The van der Waals surface area contributed by atoms with Crippen molar-refractivity contribution in [3.8, 4) is 0 Å². The summed E-state index contributed by atoms with van der Waals surface area (Å²) in [5.41, 5.74) is 7.01. The van der Waals surface area contributed by atoms with Gasteiger partial charge >= 0.3 is 0 Å². The van der Waals surface area contributed by atoms with Gasteiger partial charge in [-0.2, -0.15) is 4.98 Å². The molecule has 2 N–H and O–H groups in total. The van der Waals surface area contributed by atoms with Gasteiger partial charge in [0.1, 0.15) is 0 Å². The Morgan fingerprint density at radius 3 is 2.65 bits per heavy atom.